The van der Waals surface area contributed by atoms with Crippen molar-refractivity contribution in [3.63, 3.8) is 0 Å². The van der Waals surface area contributed by atoms with Gasteiger partial charge in [-0.15, -0.1) is 5.10 Å². The van der Waals surface area contributed by atoms with Crippen LogP contribution in [0.1, 0.15) is 80.6 Å². The highest BCUT2D eigenvalue weighted by Crippen LogP contribution is 2.42. The number of ketones is 2. The third-order valence-electron chi connectivity index (χ3n) is 12.5. The van der Waals surface area contributed by atoms with Crippen molar-refractivity contribution >= 4 is 29.3 Å². The smallest absolute Gasteiger partial charge is 0.411 e. The van der Waals surface area contributed by atoms with Crippen LogP contribution in [0.4, 0.5) is 10.5 Å². The summed E-state index contributed by atoms with van der Waals surface area (Å²) < 4.78 is 32.8. The van der Waals surface area contributed by atoms with Gasteiger partial charge in [-0.05, 0) is 86.0 Å². The molecule has 4 heterocycles. The fourth-order valence-electron chi connectivity index (χ4n) is 9.07. The molecular formula is C43H64N6O10. The van der Waals surface area contributed by atoms with E-state index in [1.54, 1.807) is 45.4 Å². The largest absolute Gasteiger partial charge is 0.457 e. The summed E-state index contributed by atoms with van der Waals surface area (Å²) in [5.74, 6) is -4.65. The molecule has 16 nitrogen and oxygen atoms in total. The quantitative estimate of drug-likeness (QED) is 0.106. The van der Waals surface area contributed by atoms with Crippen LogP contribution in [0.15, 0.2) is 42.6 Å². The zero-order valence-corrected chi connectivity index (χ0v) is 36.3. The molecule has 59 heavy (non-hydrogen) atoms. The van der Waals surface area contributed by atoms with E-state index in [0.29, 0.717) is 37.2 Å². The molecule has 3 aliphatic heterocycles. The average molecular weight is 825 g/mol. The van der Waals surface area contributed by atoms with Crippen molar-refractivity contribution in [2.75, 3.05) is 33.5 Å². The summed E-state index contributed by atoms with van der Waals surface area (Å²) in [5, 5.41) is 20.0. The molecule has 3 saturated heterocycles. The molecule has 0 spiro atoms. The number of esters is 1. The molecule has 3 fully saturated rings. The van der Waals surface area contributed by atoms with Gasteiger partial charge in [-0.2, -0.15) is 0 Å². The summed E-state index contributed by atoms with van der Waals surface area (Å²) in [6.07, 6.45) is -1.51. The van der Waals surface area contributed by atoms with E-state index in [2.05, 4.69) is 16.9 Å². The predicted molar refractivity (Wildman–Crippen MR) is 219 cm³/mol. The first-order valence-electron chi connectivity index (χ1n) is 20.7. The standard InChI is InChI=1S/C43H64N6O10/c1-12-33-43(8)37(49(41(54)59-43)19-14-13-18-48-23-31(45-46-48)29-16-15-17-30(44)21-29)26(4)34(50)24(2)22-42(7,55-11)38(27(5)35(51)28(6)39(53)57-33)58-40-36(52)32(47(9)10)20-25(3)56-40/h15-17,21,23-25,27-28,32-33,36-38,40,52H,4,12-14,18-20,22,44H2,1-3,5-11H3/t24-,25-,27+,28-,32?,33-,36?,37-,38-,40+,42-,43-/m1/s1. The third kappa shape index (κ3) is 9.57. The molecule has 0 bridgehead atoms. The highest BCUT2D eigenvalue weighted by Gasteiger charge is 2.59. The number of aromatic nitrogens is 3. The normalized spacial score (nSPS) is 35.1. The maximum Gasteiger partial charge on any atom is 0.411 e. The van der Waals surface area contributed by atoms with Crippen LogP contribution in [-0.2, 0) is 44.6 Å². The molecule has 2 unspecified atom stereocenters. The van der Waals surface area contributed by atoms with E-state index in [4.69, 9.17) is 29.4 Å². The molecule has 326 valence electrons. The first kappa shape index (κ1) is 45.9. The summed E-state index contributed by atoms with van der Waals surface area (Å²) in [6.45, 7) is 16.9. The Labute approximate surface area is 347 Å². The number of nitrogen functional groups attached to an aromatic ring is 1. The van der Waals surface area contributed by atoms with Crippen molar-refractivity contribution < 1.29 is 48.0 Å². The van der Waals surface area contributed by atoms with Gasteiger partial charge >= 0.3 is 12.1 Å². The molecule has 12 atom stereocenters. The Morgan fingerprint density at radius 1 is 1.08 bits per heavy atom. The molecule has 1 aromatic carbocycles. The number of amides is 1. The van der Waals surface area contributed by atoms with Gasteiger partial charge in [0.25, 0.3) is 0 Å². The second-order valence-electron chi connectivity index (χ2n) is 17.2. The topological polar surface area (TPSA) is 198 Å². The number of methoxy groups -OCH3 is 1. The monoisotopic (exact) mass is 824 g/mol. The number of benzene rings is 1. The zero-order chi connectivity index (χ0) is 43.6. The number of carbonyl (C=O) groups is 4. The van der Waals surface area contributed by atoms with Gasteiger partial charge in [0, 0.05) is 54.9 Å². The van der Waals surface area contributed by atoms with Crippen molar-refractivity contribution in [3.05, 3.63) is 42.6 Å². The second kappa shape index (κ2) is 18.6. The molecule has 3 aliphatic rings. The van der Waals surface area contributed by atoms with E-state index in [-0.39, 0.29) is 42.9 Å². The third-order valence-corrected chi connectivity index (χ3v) is 12.5. The molecule has 3 N–H and O–H groups in total. The minimum atomic E-state index is -1.52. The lowest BCUT2D eigenvalue weighted by molar-refractivity contribution is -0.295. The Balaban J connectivity index is 1.43. The maximum absolute atomic E-state index is 14.6. The summed E-state index contributed by atoms with van der Waals surface area (Å²) in [7, 11) is 5.19. The fourth-order valence-corrected chi connectivity index (χ4v) is 9.07. The van der Waals surface area contributed by atoms with Crippen molar-refractivity contribution in [3.8, 4) is 11.3 Å². The van der Waals surface area contributed by atoms with Crippen LogP contribution in [0.2, 0.25) is 0 Å². The van der Waals surface area contributed by atoms with Crippen LogP contribution in [-0.4, -0.2) is 135 Å². The van der Waals surface area contributed by atoms with Crippen LogP contribution in [0.5, 0.6) is 0 Å². The number of likely N-dealkylation sites (N-methyl/N-ethyl adjacent to an activating group) is 1. The number of aliphatic hydroxyl groups excluding tert-OH is 1. The van der Waals surface area contributed by atoms with Crippen LogP contribution in [0, 0.1) is 17.8 Å². The Hall–Kier alpha value is -4.22. The van der Waals surface area contributed by atoms with Crippen LogP contribution in [0.25, 0.3) is 11.3 Å². The maximum atomic E-state index is 14.6. The van der Waals surface area contributed by atoms with E-state index < -0.39 is 77.4 Å². The summed E-state index contributed by atoms with van der Waals surface area (Å²) in [5.41, 5.74) is 5.37. The van der Waals surface area contributed by atoms with Crippen LogP contribution >= 0.6 is 0 Å². The number of aliphatic hydroxyl groups is 1. The first-order valence-corrected chi connectivity index (χ1v) is 20.7. The lowest BCUT2D eigenvalue weighted by Crippen LogP contribution is -2.59. The second-order valence-corrected chi connectivity index (χ2v) is 17.2. The fraction of sp³-hybridized carbons (Fsp3) is 0.674. The average Bonchev–Trinajstić information content (AvgIpc) is 3.77. The van der Waals surface area contributed by atoms with E-state index >= 15 is 0 Å². The van der Waals surface area contributed by atoms with Crippen molar-refractivity contribution in [2.24, 2.45) is 17.8 Å². The molecule has 5 rings (SSSR count). The number of unbranched alkanes of at least 4 members (excludes halogenated alkanes) is 1. The molecule has 2 aromatic rings. The van der Waals surface area contributed by atoms with Gasteiger partial charge in [0.05, 0.1) is 24.0 Å². The minimum absolute atomic E-state index is 0.0584. The molecule has 0 radical (unpaired) electrons. The number of fused-ring (bicyclic) bond motifs is 1. The number of ether oxygens (including phenoxy) is 5. The predicted octanol–water partition coefficient (Wildman–Crippen LogP) is 4.43. The molecular weight excluding hydrogens is 761 g/mol. The molecule has 0 saturated carbocycles. The van der Waals surface area contributed by atoms with Gasteiger partial charge in [0.2, 0.25) is 0 Å². The lowest BCUT2D eigenvalue weighted by Gasteiger charge is -2.47. The van der Waals surface area contributed by atoms with Gasteiger partial charge < -0.3 is 39.4 Å². The van der Waals surface area contributed by atoms with Crippen LogP contribution in [0.3, 0.4) is 0 Å². The van der Waals surface area contributed by atoms with Gasteiger partial charge in [0.1, 0.15) is 29.9 Å². The zero-order valence-electron chi connectivity index (χ0n) is 36.3. The number of cyclic esters (lactones) is 1. The number of carbonyl (C=O) groups excluding carboxylic acids is 4. The van der Waals surface area contributed by atoms with E-state index in [1.807, 2.05) is 50.3 Å². The summed E-state index contributed by atoms with van der Waals surface area (Å²) in [4.78, 5) is 60.1. The highest BCUT2D eigenvalue weighted by molar-refractivity contribution is 6.01. The van der Waals surface area contributed by atoms with Gasteiger partial charge in [-0.25, -0.2) is 4.79 Å². The van der Waals surface area contributed by atoms with E-state index in [0.717, 1.165) is 5.56 Å². The van der Waals surface area contributed by atoms with Gasteiger partial charge in [-0.3, -0.25) is 24.0 Å². The molecule has 1 aromatic heterocycles. The lowest BCUT2D eigenvalue weighted by atomic mass is 9.75. The van der Waals surface area contributed by atoms with Crippen LogP contribution < -0.4 is 5.73 Å². The number of Topliss-reactive ketones (excluding diaryl/α,β-unsaturated/α-hetero) is 2. The van der Waals surface area contributed by atoms with E-state index in [9.17, 15) is 24.3 Å². The summed E-state index contributed by atoms with van der Waals surface area (Å²) in [6, 6.07) is 6.08. The van der Waals surface area contributed by atoms with Gasteiger partial charge in [-0.1, -0.05) is 44.7 Å². The molecule has 0 aliphatic carbocycles. The van der Waals surface area contributed by atoms with E-state index in [1.165, 1.54) is 18.9 Å². The molecule has 1 amide bonds. The Morgan fingerprint density at radius 3 is 2.42 bits per heavy atom. The number of aryl methyl sites for hydroxylation is 1. The number of nitrogens with two attached hydrogens (primary N) is 1. The summed E-state index contributed by atoms with van der Waals surface area (Å²) >= 11 is 0. The Bertz CT molecular complexity index is 1850. The van der Waals surface area contributed by atoms with Crippen molar-refractivity contribution in [1.82, 2.24) is 24.8 Å². The highest BCUT2D eigenvalue weighted by atomic mass is 16.7. The first-order chi connectivity index (χ1) is 27.8. The number of hydrogen-bond donors (Lipinski definition) is 2. The number of rotatable bonds is 11. The molecule has 16 heteroatoms. The number of anilines is 1. The Morgan fingerprint density at radius 2 is 1.78 bits per heavy atom. The number of nitrogens with zero attached hydrogens (tertiary/aromatic N) is 5. The Kier molecular flexibility index (Phi) is 14.4. The number of hydrogen-bond acceptors (Lipinski definition) is 14. The van der Waals surface area contributed by atoms with Crippen molar-refractivity contribution in [2.45, 2.75) is 141 Å². The van der Waals surface area contributed by atoms with Gasteiger partial charge in [0.15, 0.2) is 23.5 Å². The van der Waals surface area contributed by atoms with Crippen molar-refractivity contribution in [1.29, 1.82) is 0 Å². The minimum Gasteiger partial charge on any atom is -0.457 e. The SMILES string of the molecule is C=C1C(=O)[C@H](C)C[C@@](C)(OC)[C@H](O[C@@H]2O[C@H](C)CC(N(C)C)C2O)[C@@H](C)C(=O)[C@@H](C)C(=O)O[C@H](CC)[C@@]2(C)OC(=O)N(CCCCn3cc(-c4cccc(N)c4)nn3)[C@H]12.